The number of ether oxygens (including phenoxy) is 1. The molecule has 0 spiro atoms. The fraction of sp³-hybridized carbons (Fsp3) is 0.455. The summed E-state index contributed by atoms with van der Waals surface area (Å²) < 4.78 is 5.25. The SMILES string of the molecule is CC(C)CO[C@H]([CH]C(=O)Nc1nccs1)C(N)=O. The summed E-state index contributed by atoms with van der Waals surface area (Å²) in [6.45, 7) is 4.23. The van der Waals surface area contributed by atoms with Gasteiger partial charge in [0.05, 0.1) is 6.42 Å². The summed E-state index contributed by atoms with van der Waals surface area (Å²) >= 11 is 1.28. The Kier molecular flexibility index (Phi) is 5.73. The molecule has 1 aromatic heterocycles. The first kappa shape index (κ1) is 14.6. The standard InChI is InChI=1S/C11H16N3O3S/c1-7(2)6-17-8(10(12)16)5-9(15)14-11-13-3-4-18-11/h3-5,7-8H,6H2,1-2H3,(H2,12,16)(H,13,14,15)/t8-/m1/s1. The summed E-state index contributed by atoms with van der Waals surface area (Å²) in [4.78, 5) is 26.6. The highest BCUT2D eigenvalue weighted by Gasteiger charge is 2.21. The summed E-state index contributed by atoms with van der Waals surface area (Å²) in [6.07, 6.45) is 1.67. The van der Waals surface area contributed by atoms with Crippen molar-refractivity contribution in [3.8, 4) is 0 Å². The molecule has 6 nitrogen and oxygen atoms in total. The molecule has 1 rings (SSSR count). The molecule has 0 aliphatic carbocycles. The van der Waals surface area contributed by atoms with Crippen LogP contribution in [0.15, 0.2) is 11.6 Å². The molecule has 1 aromatic rings. The van der Waals surface area contributed by atoms with Crippen LogP contribution in [0.5, 0.6) is 0 Å². The van der Waals surface area contributed by atoms with Crippen LogP contribution in [0.1, 0.15) is 13.8 Å². The second-order valence-electron chi connectivity index (χ2n) is 4.04. The third-order valence-corrected chi connectivity index (χ3v) is 2.54. The molecular formula is C11H16N3O3S. The van der Waals surface area contributed by atoms with Crippen molar-refractivity contribution in [2.24, 2.45) is 11.7 Å². The normalized spacial score (nSPS) is 12.4. The van der Waals surface area contributed by atoms with E-state index in [0.717, 1.165) is 6.42 Å². The van der Waals surface area contributed by atoms with Gasteiger partial charge in [0.1, 0.15) is 6.10 Å². The van der Waals surface area contributed by atoms with E-state index in [2.05, 4.69) is 10.3 Å². The highest BCUT2D eigenvalue weighted by molar-refractivity contribution is 7.13. The number of nitrogens with one attached hydrogen (secondary N) is 1. The minimum absolute atomic E-state index is 0.252. The van der Waals surface area contributed by atoms with Crippen molar-refractivity contribution in [3.63, 3.8) is 0 Å². The number of primary amides is 1. The monoisotopic (exact) mass is 270 g/mol. The summed E-state index contributed by atoms with van der Waals surface area (Å²) in [5.41, 5.74) is 5.16. The third kappa shape index (κ3) is 5.24. The minimum atomic E-state index is -1.02. The summed E-state index contributed by atoms with van der Waals surface area (Å²) in [5, 5.41) is 4.71. The van der Waals surface area contributed by atoms with Gasteiger partial charge in [-0.1, -0.05) is 13.8 Å². The molecular weight excluding hydrogens is 254 g/mol. The highest BCUT2D eigenvalue weighted by Crippen LogP contribution is 2.11. The van der Waals surface area contributed by atoms with Gasteiger partial charge in [-0.3, -0.25) is 9.59 Å². The number of nitrogens with zero attached hydrogens (tertiary/aromatic N) is 1. The van der Waals surface area contributed by atoms with Gasteiger partial charge < -0.3 is 15.8 Å². The number of anilines is 1. The van der Waals surface area contributed by atoms with E-state index in [9.17, 15) is 9.59 Å². The first-order valence-corrected chi connectivity index (χ1v) is 6.33. The molecule has 1 heterocycles. The number of nitrogens with two attached hydrogens (primary N) is 1. The smallest absolute Gasteiger partial charge is 0.247 e. The Labute approximate surface area is 110 Å². The lowest BCUT2D eigenvalue weighted by Crippen LogP contribution is -2.36. The zero-order chi connectivity index (χ0) is 13.5. The number of carbonyl (C=O) groups excluding carboxylic acids is 2. The lowest BCUT2D eigenvalue weighted by Gasteiger charge is -2.15. The van der Waals surface area contributed by atoms with E-state index >= 15 is 0 Å². The van der Waals surface area contributed by atoms with E-state index in [1.54, 1.807) is 11.6 Å². The maximum Gasteiger partial charge on any atom is 0.247 e. The van der Waals surface area contributed by atoms with E-state index in [4.69, 9.17) is 10.5 Å². The lowest BCUT2D eigenvalue weighted by molar-refractivity contribution is -0.130. The van der Waals surface area contributed by atoms with Crippen molar-refractivity contribution < 1.29 is 14.3 Å². The van der Waals surface area contributed by atoms with Gasteiger partial charge in [0, 0.05) is 18.2 Å². The van der Waals surface area contributed by atoms with Gasteiger partial charge in [-0.2, -0.15) is 0 Å². The average Bonchev–Trinajstić information content (AvgIpc) is 2.76. The Hall–Kier alpha value is -1.47. The van der Waals surface area contributed by atoms with Crippen LogP contribution in [0.2, 0.25) is 0 Å². The van der Waals surface area contributed by atoms with Gasteiger partial charge >= 0.3 is 0 Å². The molecule has 0 aromatic carbocycles. The van der Waals surface area contributed by atoms with Crippen molar-refractivity contribution in [1.29, 1.82) is 0 Å². The third-order valence-electron chi connectivity index (χ3n) is 1.85. The van der Waals surface area contributed by atoms with Crippen LogP contribution in [-0.2, 0) is 14.3 Å². The molecule has 7 heteroatoms. The molecule has 0 fully saturated rings. The first-order valence-electron chi connectivity index (χ1n) is 5.45. The molecule has 0 aliphatic heterocycles. The summed E-state index contributed by atoms with van der Waals surface area (Å²) in [7, 11) is 0. The van der Waals surface area contributed by atoms with Gasteiger partial charge in [0.25, 0.3) is 0 Å². The van der Waals surface area contributed by atoms with Crippen LogP contribution in [0, 0.1) is 12.3 Å². The molecule has 1 atom stereocenters. The molecule has 0 saturated carbocycles. The Morgan fingerprint density at radius 2 is 2.33 bits per heavy atom. The van der Waals surface area contributed by atoms with Crippen molar-refractivity contribution in [1.82, 2.24) is 4.98 Å². The minimum Gasteiger partial charge on any atom is -0.367 e. The maximum atomic E-state index is 11.6. The number of hydrogen-bond acceptors (Lipinski definition) is 5. The van der Waals surface area contributed by atoms with E-state index in [0.29, 0.717) is 11.7 Å². The average molecular weight is 270 g/mol. The van der Waals surface area contributed by atoms with Crippen molar-refractivity contribution in [3.05, 3.63) is 18.0 Å². The molecule has 2 amide bonds. The summed E-state index contributed by atoms with van der Waals surface area (Å²) in [5.74, 6) is -0.898. The maximum absolute atomic E-state index is 11.6. The predicted molar refractivity (Wildman–Crippen MR) is 68.8 cm³/mol. The number of thiazole rings is 1. The molecule has 0 saturated heterocycles. The molecule has 1 radical (unpaired) electrons. The Morgan fingerprint density at radius 1 is 1.61 bits per heavy atom. The largest absolute Gasteiger partial charge is 0.367 e. The zero-order valence-electron chi connectivity index (χ0n) is 10.3. The molecule has 0 unspecified atom stereocenters. The molecule has 0 bridgehead atoms. The van der Waals surface area contributed by atoms with Gasteiger partial charge in [0.2, 0.25) is 11.8 Å². The Bertz CT molecular complexity index is 392. The predicted octanol–water partition coefficient (Wildman–Crippen LogP) is 0.812. The second-order valence-corrected chi connectivity index (χ2v) is 4.94. The second kappa shape index (κ2) is 7.07. The number of amides is 2. The van der Waals surface area contributed by atoms with Gasteiger partial charge in [0.15, 0.2) is 5.13 Å². The fourth-order valence-corrected chi connectivity index (χ4v) is 1.61. The number of carbonyl (C=O) groups is 2. The molecule has 99 valence electrons. The fourth-order valence-electron chi connectivity index (χ4n) is 1.08. The quantitative estimate of drug-likeness (QED) is 0.766. The van der Waals surface area contributed by atoms with Crippen LogP contribution in [0.4, 0.5) is 5.13 Å². The topological polar surface area (TPSA) is 94.3 Å². The highest BCUT2D eigenvalue weighted by atomic mass is 32.1. The zero-order valence-corrected chi connectivity index (χ0v) is 11.1. The van der Waals surface area contributed by atoms with Crippen LogP contribution in [-0.4, -0.2) is 29.5 Å². The lowest BCUT2D eigenvalue weighted by atomic mass is 10.2. The molecule has 3 N–H and O–H groups in total. The molecule has 18 heavy (non-hydrogen) atoms. The van der Waals surface area contributed by atoms with Crippen molar-refractivity contribution in [2.45, 2.75) is 20.0 Å². The van der Waals surface area contributed by atoms with Crippen molar-refractivity contribution >= 4 is 28.3 Å². The van der Waals surface area contributed by atoms with E-state index in [1.807, 2.05) is 13.8 Å². The Balaban J connectivity index is 2.45. The van der Waals surface area contributed by atoms with E-state index < -0.39 is 17.9 Å². The number of aromatic nitrogens is 1. The van der Waals surface area contributed by atoms with Gasteiger partial charge in [-0.05, 0) is 5.92 Å². The van der Waals surface area contributed by atoms with Crippen LogP contribution < -0.4 is 11.1 Å². The number of rotatable bonds is 7. The van der Waals surface area contributed by atoms with Gasteiger partial charge in [-0.25, -0.2) is 4.98 Å². The summed E-state index contributed by atoms with van der Waals surface area (Å²) in [6, 6.07) is 0. The van der Waals surface area contributed by atoms with Crippen LogP contribution >= 0.6 is 11.3 Å². The van der Waals surface area contributed by atoms with Crippen LogP contribution in [0.3, 0.4) is 0 Å². The first-order chi connectivity index (χ1) is 8.49. The Morgan fingerprint density at radius 3 is 2.83 bits per heavy atom. The number of hydrogen-bond donors (Lipinski definition) is 2. The van der Waals surface area contributed by atoms with E-state index in [1.165, 1.54) is 11.3 Å². The molecule has 0 aliphatic rings. The van der Waals surface area contributed by atoms with Gasteiger partial charge in [-0.15, -0.1) is 11.3 Å². The van der Waals surface area contributed by atoms with E-state index in [-0.39, 0.29) is 5.92 Å². The van der Waals surface area contributed by atoms with Crippen LogP contribution in [0.25, 0.3) is 0 Å². The van der Waals surface area contributed by atoms with Crippen molar-refractivity contribution in [2.75, 3.05) is 11.9 Å².